The third-order valence-electron chi connectivity index (χ3n) is 4.25. The van der Waals surface area contributed by atoms with Gasteiger partial charge >= 0.3 is 0 Å². The molecule has 0 saturated heterocycles. The van der Waals surface area contributed by atoms with Gasteiger partial charge in [0.15, 0.2) is 17.3 Å². The molecule has 0 unspecified atom stereocenters. The molecule has 0 saturated carbocycles. The van der Waals surface area contributed by atoms with Gasteiger partial charge in [-0.05, 0) is 43.5 Å². The first-order valence-corrected chi connectivity index (χ1v) is 10.1. The van der Waals surface area contributed by atoms with Crippen LogP contribution < -0.4 is 14.8 Å². The Kier molecular flexibility index (Phi) is 7.29. The van der Waals surface area contributed by atoms with E-state index in [2.05, 4.69) is 29.3 Å². The lowest BCUT2D eigenvalue weighted by atomic mass is 9.97. The first-order valence-electron chi connectivity index (χ1n) is 10.1. The van der Waals surface area contributed by atoms with Gasteiger partial charge in [-0.2, -0.15) is 4.98 Å². The van der Waals surface area contributed by atoms with Crippen LogP contribution in [0.3, 0.4) is 0 Å². The van der Waals surface area contributed by atoms with E-state index in [0.717, 1.165) is 5.56 Å². The molecule has 1 amide bonds. The summed E-state index contributed by atoms with van der Waals surface area (Å²) in [6.07, 6.45) is 3.19. The molecule has 0 radical (unpaired) electrons. The number of rotatable bonds is 8. The zero-order chi connectivity index (χ0) is 22.5. The zero-order valence-corrected chi connectivity index (χ0v) is 19.2. The van der Waals surface area contributed by atoms with Crippen molar-refractivity contribution in [3.8, 4) is 11.5 Å². The molecule has 1 aromatic carbocycles. The van der Waals surface area contributed by atoms with Gasteiger partial charge in [0.2, 0.25) is 11.8 Å². The zero-order valence-electron chi connectivity index (χ0n) is 19.2. The Bertz CT molecular complexity index is 892. The van der Waals surface area contributed by atoms with Crippen molar-refractivity contribution in [2.75, 3.05) is 13.7 Å². The van der Waals surface area contributed by atoms with Gasteiger partial charge in [-0.25, -0.2) is 0 Å². The quantitative estimate of drug-likeness (QED) is 0.640. The fourth-order valence-electron chi connectivity index (χ4n) is 2.52. The fraction of sp³-hybridized carbons (Fsp3) is 0.522. The van der Waals surface area contributed by atoms with Crippen LogP contribution in [0.2, 0.25) is 0 Å². The van der Waals surface area contributed by atoms with Crippen molar-refractivity contribution in [3.63, 3.8) is 0 Å². The second kappa shape index (κ2) is 9.32. The number of ether oxygens (including phenoxy) is 2. The molecule has 0 spiro atoms. The average molecular weight is 416 g/mol. The maximum absolute atomic E-state index is 12.5. The van der Waals surface area contributed by atoms with Crippen molar-refractivity contribution in [3.05, 3.63) is 41.6 Å². The molecule has 0 aliphatic heterocycles. The molecule has 0 aliphatic rings. The highest BCUT2D eigenvalue weighted by molar-refractivity contribution is 5.92. The van der Waals surface area contributed by atoms with Gasteiger partial charge < -0.3 is 19.3 Å². The molecule has 2 rings (SSSR count). The number of nitrogens with one attached hydrogen (secondary N) is 1. The van der Waals surface area contributed by atoms with Gasteiger partial charge in [0.25, 0.3) is 0 Å². The van der Waals surface area contributed by atoms with E-state index in [1.807, 2.05) is 52.8 Å². The van der Waals surface area contributed by atoms with Crippen molar-refractivity contribution in [1.29, 1.82) is 0 Å². The normalized spacial score (nSPS) is 12.4. The monoisotopic (exact) mass is 415 g/mol. The highest BCUT2D eigenvalue weighted by atomic mass is 16.5. The van der Waals surface area contributed by atoms with Crippen LogP contribution in [0.15, 0.2) is 28.8 Å². The summed E-state index contributed by atoms with van der Waals surface area (Å²) in [5.74, 6) is 2.42. The van der Waals surface area contributed by atoms with Crippen LogP contribution in [0, 0.1) is 5.92 Å². The first kappa shape index (κ1) is 23.4. The summed E-state index contributed by atoms with van der Waals surface area (Å²) in [5.41, 5.74) is -0.206. The number of amides is 1. The Morgan fingerprint density at radius 1 is 1.20 bits per heavy atom. The van der Waals surface area contributed by atoms with Crippen molar-refractivity contribution in [2.24, 2.45) is 5.92 Å². The van der Waals surface area contributed by atoms with E-state index >= 15 is 0 Å². The first-order chi connectivity index (χ1) is 13.9. The van der Waals surface area contributed by atoms with E-state index in [-0.39, 0.29) is 11.3 Å². The van der Waals surface area contributed by atoms with Crippen LogP contribution in [-0.2, 0) is 15.7 Å². The summed E-state index contributed by atoms with van der Waals surface area (Å²) in [6.45, 7) is 14.4. The van der Waals surface area contributed by atoms with E-state index in [4.69, 9.17) is 14.0 Å². The molecule has 0 atom stereocenters. The van der Waals surface area contributed by atoms with E-state index in [1.165, 1.54) is 6.08 Å². The van der Waals surface area contributed by atoms with Crippen LogP contribution in [0.5, 0.6) is 11.5 Å². The number of hydrogen-bond acceptors (Lipinski definition) is 6. The van der Waals surface area contributed by atoms with Gasteiger partial charge in [-0.15, -0.1) is 0 Å². The smallest absolute Gasteiger partial charge is 0.244 e. The Balaban J connectivity index is 2.07. The summed E-state index contributed by atoms with van der Waals surface area (Å²) in [6, 6.07) is 5.55. The third-order valence-corrected chi connectivity index (χ3v) is 4.25. The highest BCUT2D eigenvalue weighted by Gasteiger charge is 2.31. The van der Waals surface area contributed by atoms with Crippen LogP contribution >= 0.6 is 0 Å². The lowest BCUT2D eigenvalue weighted by Crippen LogP contribution is -2.41. The molecular formula is C23H33N3O4. The molecule has 0 aliphatic carbocycles. The summed E-state index contributed by atoms with van der Waals surface area (Å²) in [5, 5.41) is 6.95. The molecule has 0 fully saturated rings. The van der Waals surface area contributed by atoms with E-state index < -0.39 is 5.54 Å². The lowest BCUT2D eigenvalue weighted by molar-refractivity contribution is -0.118. The molecule has 0 bridgehead atoms. The van der Waals surface area contributed by atoms with Crippen molar-refractivity contribution in [2.45, 2.75) is 59.4 Å². The average Bonchev–Trinajstić information content (AvgIpc) is 3.16. The minimum absolute atomic E-state index is 0.255. The standard InChI is InChI=1S/C23H33N3O4/c1-15(2)14-29-17-11-9-16(13-18(17)28-8)10-12-19(27)25-23(6,7)20-24-21(30-26-20)22(3,4)5/h9-13,15H,14H2,1-8H3,(H,25,27)/b12-10+. The largest absolute Gasteiger partial charge is 0.493 e. The second-order valence-electron chi connectivity index (χ2n) is 9.24. The molecule has 7 heteroatoms. The third kappa shape index (κ3) is 6.34. The number of nitrogens with zero attached hydrogens (tertiary/aromatic N) is 2. The summed E-state index contributed by atoms with van der Waals surface area (Å²) < 4.78 is 16.5. The van der Waals surface area contributed by atoms with E-state index in [0.29, 0.717) is 35.7 Å². The van der Waals surface area contributed by atoms with Crippen molar-refractivity contribution < 1.29 is 18.8 Å². The number of carbonyl (C=O) groups excluding carboxylic acids is 1. The van der Waals surface area contributed by atoms with E-state index in [1.54, 1.807) is 13.2 Å². The van der Waals surface area contributed by atoms with Crippen LogP contribution in [0.1, 0.15) is 65.7 Å². The molecule has 164 valence electrons. The molecule has 1 heterocycles. The molecule has 30 heavy (non-hydrogen) atoms. The Morgan fingerprint density at radius 3 is 2.47 bits per heavy atom. The number of methoxy groups -OCH3 is 1. The topological polar surface area (TPSA) is 86.5 Å². The minimum Gasteiger partial charge on any atom is -0.493 e. The highest BCUT2D eigenvalue weighted by Crippen LogP contribution is 2.29. The number of hydrogen-bond donors (Lipinski definition) is 1. The predicted octanol–water partition coefficient (Wildman–Crippen LogP) is 4.48. The van der Waals surface area contributed by atoms with Gasteiger partial charge in [-0.1, -0.05) is 45.8 Å². The number of carbonyl (C=O) groups is 1. The SMILES string of the molecule is COc1cc(/C=C/C(=O)NC(C)(C)c2noc(C(C)(C)C)n2)ccc1OCC(C)C. The number of benzene rings is 1. The Morgan fingerprint density at radius 2 is 1.90 bits per heavy atom. The number of aromatic nitrogens is 2. The summed E-state index contributed by atoms with van der Waals surface area (Å²) >= 11 is 0. The maximum Gasteiger partial charge on any atom is 0.244 e. The minimum atomic E-state index is -0.777. The van der Waals surface area contributed by atoms with Crippen LogP contribution in [0.4, 0.5) is 0 Å². The summed E-state index contributed by atoms with van der Waals surface area (Å²) in [4.78, 5) is 16.9. The summed E-state index contributed by atoms with van der Waals surface area (Å²) in [7, 11) is 1.59. The predicted molar refractivity (Wildman–Crippen MR) is 117 cm³/mol. The van der Waals surface area contributed by atoms with Gasteiger partial charge in [0, 0.05) is 11.5 Å². The fourth-order valence-corrected chi connectivity index (χ4v) is 2.52. The van der Waals surface area contributed by atoms with E-state index in [9.17, 15) is 4.79 Å². The van der Waals surface area contributed by atoms with Crippen LogP contribution in [0.25, 0.3) is 6.08 Å². The molecular weight excluding hydrogens is 382 g/mol. The van der Waals surface area contributed by atoms with Crippen LogP contribution in [-0.4, -0.2) is 29.8 Å². The van der Waals surface area contributed by atoms with Crippen molar-refractivity contribution in [1.82, 2.24) is 15.5 Å². The van der Waals surface area contributed by atoms with Gasteiger partial charge in [-0.3, -0.25) is 4.79 Å². The van der Waals surface area contributed by atoms with Gasteiger partial charge in [0.05, 0.1) is 19.3 Å². The second-order valence-corrected chi connectivity index (χ2v) is 9.24. The van der Waals surface area contributed by atoms with Gasteiger partial charge in [0.1, 0.15) is 0 Å². The molecule has 1 aromatic heterocycles. The van der Waals surface area contributed by atoms with Crippen molar-refractivity contribution >= 4 is 12.0 Å². The molecule has 1 N–H and O–H groups in total. The Labute approximate surface area is 178 Å². The Hall–Kier alpha value is -2.83. The maximum atomic E-state index is 12.5. The molecule has 7 nitrogen and oxygen atoms in total. The molecule has 2 aromatic rings. The lowest BCUT2D eigenvalue weighted by Gasteiger charge is -2.21.